The lowest BCUT2D eigenvalue weighted by molar-refractivity contribution is -0.138. The van der Waals surface area contributed by atoms with Gasteiger partial charge in [-0.15, -0.1) is 0 Å². The minimum absolute atomic E-state index is 0.0308. The van der Waals surface area contributed by atoms with Gasteiger partial charge < -0.3 is 19.6 Å². The van der Waals surface area contributed by atoms with Crippen molar-refractivity contribution in [1.29, 1.82) is 0 Å². The van der Waals surface area contributed by atoms with E-state index in [2.05, 4.69) is 11.1 Å². The number of pyridine rings is 1. The molecule has 1 saturated carbocycles. The summed E-state index contributed by atoms with van der Waals surface area (Å²) in [5.74, 6) is 0.412. The van der Waals surface area contributed by atoms with Crippen LogP contribution in [0.25, 0.3) is 5.57 Å². The molecule has 2 aliphatic carbocycles. The summed E-state index contributed by atoms with van der Waals surface area (Å²) in [7, 11) is 1.83. The standard InChI is InChI=1S/C25H35N3O4/c1-16-13-28(17(2)15-29)25(31)21-11-20(18-7-4-5-8-18)12-26-23(21)32-22(16)14-27(3)24(30)19-9-6-10-19/h7,11-12,16-17,19,22,29H,4-6,8-10,13-15H2,1-3H3/t16-,17+,22+/m1/s1. The predicted octanol–water partition coefficient (Wildman–Crippen LogP) is 3.13. The maximum atomic E-state index is 13.5. The van der Waals surface area contributed by atoms with E-state index in [9.17, 15) is 14.7 Å². The number of aliphatic hydroxyl groups excluding tert-OH is 1. The molecular weight excluding hydrogens is 406 g/mol. The van der Waals surface area contributed by atoms with Crippen LogP contribution in [0.1, 0.15) is 68.3 Å². The van der Waals surface area contributed by atoms with Gasteiger partial charge in [-0.1, -0.05) is 19.4 Å². The summed E-state index contributed by atoms with van der Waals surface area (Å²) < 4.78 is 6.32. The summed E-state index contributed by atoms with van der Waals surface area (Å²) in [6, 6.07) is 1.56. The third kappa shape index (κ3) is 4.53. The van der Waals surface area contributed by atoms with Crippen LogP contribution in [0, 0.1) is 11.8 Å². The van der Waals surface area contributed by atoms with Crippen LogP contribution < -0.4 is 4.74 Å². The molecule has 0 saturated heterocycles. The Labute approximate surface area is 190 Å². The Hall–Kier alpha value is -2.41. The lowest BCUT2D eigenvalue weighted by Crippen LogP contribution is -2.51. The average molecular weight is 442 g/mol. The molecule has 1 aromatic heterocycles. The number of hydrogen-bond donors (Lipinski definition) is 1. The van der Waals surface area contributed by atoms with Crippen LogP contribution in [-0.2, 0) is 4.79 Å². The van der Waals surface area contributed by atoms with Crippen LogP contribution in [0.15, 0.2) is 18.3 Å². The molecule has 32 heavy (non-hydrogen) atoms. The normalized spacial score (nSPS) is 24.6. The number of ether oxygens (including phenoxy) is 1. The van der Waals surface area contributed by atoms with Crippen molar-refractivity contribution in [3.63, 3.8) is 0 Å². The van der Waals surface area contributed by atoms with Gasteiger partial charge in [-0.25, -0.2) is 4.98 Å². The molecule has 3 atom stereocenters. The van der Waals surface area contributed by atoms with Crippen LogP contribution in [0.3, 0.4) is 0 Å². The summed E-state index contributed by atoms with van der Waals surface area (Å²) in [5, 5.41) is 9.80. The highest BCUT2D eigenvalue weighted by atomic mass is 16.5. The SMILES string of the molecule is C[C@@H]1CN([C@@H](C)CO)C(=O)c2cc(C3=CCCC3)cnc2O[C@H]1CN(C)C(=O)C1CCC1. The first-order valence-electron chi connectivity index (χ1n) is 11.9. The molecule has 1 aliphatic heterocycles. The second kappa shape index (κ2) is 9.61. The second-order valence-corrected chi connectivity index (χ2v) is 9.67. The van der Waals surface area contributed by atoms with Gasteiger partial charge in [0.2, 0.25) is 11.8 Å². The van der Waals surface area contributed by atoms with Gasteiger partial charge in [0, 0.05) is 31.6 Å². The molecule has 3 aliphatic rings. The first kappa shape index (κ1) is 22.8. The highest BCUT2D eigenvalue weighted by Crippen LogP contribution is 2.33. The first-order chi connectivity index (χ1) is 15.4. The van der Waals surface area contributed by atoms with Crippen molar-refractivity contribution in [3.05, 3.63) is 29.5 Å². The molecule has 1 N–H and O–H groups in total. The van der Waals surface area contributed by atoms with Crippen LogP contribution in [0.4, 0.5) is 0 Å². The van der Waals surface area contributed by atoms with E-state index in [1.165, 1.54) is 5.57 Å². The van der Waals surface area contributed by atoms with E-state index >= 15 is 0 Å². The lowest BCUT2D eigenvalue weighted by atomic mass is 9.84. The molecule has 1 aromatic rings. The molecular formula is C25H35N3O4. The molecule has 0 spiro atoms. The van der Waals surface area contributed by atoms with Crippen molar-refractivity contribution in [2.45, 2.75) is 64.5 Å². The van der Waals surface area contributed by atoms with Gasteiger partial charge >= 0.3 is 0 Å². The van der Waals surface area contributed by atoms with Gasteiger partial charge in [-0.3, -0.25) is 9.59 Å². The maximum absolute atomic E-state index is 13.5. The van der Waals surface area contributed by atoms with Crippen molar-refractivity contribution in [2.24, 2.45) is 11.8 Å². The van der Waals surface area contributed by atoms with E-state index in [-0.39, 0.29) is 42.4 Å². The Morgan fingerprint density at radius 2 is 2.16 bits per heavy atom. The Morgan fingerprint density at radius 3 is 2.78 bits per heavy atom. The van der Waals surface area contributed by atoms with E-state index in [4.69, 9.17) is 4.74 Å². The smallest absolute Gasteiger partial charge is 0.259 e. The first-order valence-corrected chi connectivity index (χ1v) is 11.9. The van der Waals surface area contributed by atoms with E-state index in [0.29, 0.717) is 24.5 Å². The van der Waals surface area contributed by atoms with Crippen LogP contribution in [0.2, 0.25) is 0 Å². The fourth-order valence-corrected chi connectivity index (χ4v) is 4.76. The van der Waals surface area contributed by atoms with Gasteiger partial charge in [-0.05, 0) is 56.2 Å². The van der Waals surface area contributed by atoms with Gasteiger partial charge in [0.1, 0.15) is 11.7 Å². The summed E-state index contributed by atoms with van der Waals surface area (Å²) >= 11 is 0. The highest BCUT2D eigenvalue weighted by molar-refractivity contribution is 5.97. The average Bonchev–Trinajstić information content (AvgIpc) is 3.29. The number of hydrogen-bond acceptors (Lipinski definition) is 5. The van der Waals surface area contributed by atoms with Crippen molar-refractivity contribution in [3.8, 4) is 5.88 Å². The summed E-state index contributed by atoms with van der Waals surface area (Å²) in [5.41, 5.74) is 2.60. The Kier molecular flexibility index (Phi) is 6.84. The molecule has 0 aromatic carbocycles. The topological polar surface area (TPSA) is 83.0 Å². The fraction of sp³-hybridized carbons (Fsp3) is 0.640. The van der Waals surface area contributed by atoms with E-state index in [1.54, 1.807) is 16.0 Å². The largest absolute Gasteiger partial charge is 0.472 e. The van der Waals surface area contributed by atoms with Crippen LogP contribution in [-0.4, -0.2) is 70.6 Å². The van der Waals surface area contributed by atoms with E-state index in [1.807, 2.05) is 27.0 Å². The number of allylic oxidation sites excluding steroid dienone is 2. The van der Waals surface area contributed by atoms with Gasteiger partial charge in [-0.2, -0.15) is 0 Å². The Bertz CT molecular complexity index is 895. The number of aliphatic hydroxyl groups is 1. The van der Waals surface area contributed by atoms with E-state index < -0.39 is 0 Å². The van der Waals surface area contributed by atoms with Crippen molar-refractivity contribution in [2.75, 3.05) is 26.7 Å². The minimum Gasteiger partial charge on any atom is -0.472 e. The number of aromatic nitrogens is 1. The zero-order chi connectivity index (χ0) is 22.8. The number of carbonyl (C=O) groups excluding carboxylic acids is 2. The number of amides is 2. The quantitative estimate of drug-likeness (QED) is 0.733. The molecule has 2 heterocycles. The molecule has 7 heteroatoms. The van der Waals surface area contributed by atoms with Crippen LogP contribution >= 0.6 is 0 Å². The molecule has 0 unspecified atom stereocenters. The predicted molar refractivity (Wildman–Crippen MR) is 122 cm³/mol. The fourth-order valence-electron chi connectivity index (χ4n) is 4.76. The van der Waals surface area contributed by atoms with Gasteiger partial charge in [0.25, 0.3) is 5.91 Å². The third-order valence-electron chi connectivity index (χ3n) is 7.22. The summed E-state index contributed by atoms with van der Waals surface area (Å²) in [6.45, 7) is 4.66. The highest BCUT2D eigenvalue weighted by Gasteiger charge is 2.36. The van der Waals surface area contributed by atoms with E-state index in [0.717, 1.165) is 44.1 Å². The van der Waals surface area contributed by atoms with Gasteiger partial charge in [0.05, 0.1) is 19.2 Å². The molecule has 174 valence electrons. The molecule has 0 bridgehead atoms. The monoisotopic (exact) mass is 441 g/mol. The third-order valence-corrected chi connectivity index (χ3v) is 7.22. The maximum Gasteiger partial charge on any atom is 0.259 e. The molecule has 0 radical (unpaired) electrons. The number of carbonyl (C=O) groups is 2. The second-order valence-electron chi connectivity index (χ2n) is 9.67. The van der Waals surface area contributed by atoms with Crippen molar-refractivity contribution < 1.29 is 19.4 Å². The zero-order valence-electron chi connectivity index (χ0n) is 19.4. The molecule has 7 nitrogen and oxygen atoms in total. The molecule has 1 fully saturated rings. The zero-order valence-corrected chi connectivity index (χ0v) is 19.4. The van der Waals surface area contributed by atoms with Crippen LogP contribution in [0.5, 0.6) is 5.88 Å². The van der Waals surface area contributed by atoms with Crippen molar-refractivity contribution in [1.82, 2.24) is 14.8 Å². The number of fused-ring (bicyclic) bond motifs is 1. The molecule has 4 rings (SSSR count). The number of likely N-dealkylation sites (N-methyl/N-ethyl adjacent to an activating group) is 1. The van der Waals surface area contributed by atoms with Crippen molar-refractivity contribution >= 4 is 17.4 Å². The minimum atomic E-state index is -0.319. The lowest BCUT2D eigenvalue weighted by Gasteiger charge is -2.38. The summed E-state index contributed by atoms with van der Waals surface area (Å²) in [6.07, 6.45) is 9.89. The Morgan fingerprint density at radius 1 is 1.38 bits per heavy atom. The number of rotatable bonds is 6. The summed E-state index contributed by atoms with van der Waals surface area (Å²) in [4.78, 5) is 34.3. The Balaban J connectivity index is 1.64. The number of nitrogens with zero attached hydrogens (tertiary/aromatic N) is 3. The molecule has 2 amide bonds. The van der Waals surface area contributed by atoms with Gasteiger partial charge in [0.15, 0.2) is 0 Å².